The number of rotatable bonds is 7. The smallest absolute Gasteiger partial charge is 0.405 e. The van der Waals surface area contributed by atoms with Crippen LogP contribution >= 0.6 is 0 Å². The number of benzene rings is 1. The lowest BCUT2D eigenvalue weighted by molar-refractivity contribution is -0.274. The number of anilines is 2. The number of carbonyl (C=O) groups is 1. The molecule has 0 bridgehead atoms. The van der Waals surface area contributed by atoms with Gasteiger partial charge in [0.1, 0.15) is 11.3 Å². The van der Waals surface area contributed by atoms with Gasteiger partial charge in [-0.2, -0.15) is 4.98 Å². The van der Waals surface area contributed by atoms with E-state index in [9.17, 15) is 22.8 Å². The number of hydrogen-bond acceptors (Lipinski definition) is 7. The number of hydrogen-bond donors (Lipinski definition) is 4. The quantitative estimate of drug-likeness (QED) is 0.421. The predicted molar refractivity (Wildman–Crippen MR) is 114 cm³/mol. The largest absolute Gasteiger partial charge is 0.573 e. The summed E-state index contributed by atoms with van der Waals surface area (Å²) in [5, 5.41) is 8.91. The molecule has 3 heterocycles. The Balaban J connectivity index is 1.66. The van der Waals surface area contributed by atoms with Crippen molar-refractivity contribution in [1.82, 2.24) is 24.8 Å². The zero-order chi connectivity index (χ0) is 23.6. The van der Waals surface area contributed by atoms with E-state index < -0.39 is 23.7 Å². The summed E-state index contributed by atoms with van der Waals surface area (Å²) in [6.07, 6.45) is -2.46. The van der Waals surface area contributed by atoms with E-state index in [1.54, 1.807) is 0 Å². The van der Waals surface area contributed by atoms with E-state index >= 15 is 0 Å². The Kier molecular flexibility index (Phi) is 6.22. The second kappa shape index (κ2) is 9.10. The molecule has 1 amide bonds. The Labute approximate surface area is 185 Å². The van der Waals surface area contributed by atoms with Gasteiger partial charge < -0.3 is 25.7 Å². The molecule has 10 nitrogen and oxygen atoms in total. The normalized spacial score (nSPS) is 16.2. The SMILES string of the molecule is CC(=O)Nc1ccc(OC(F)(F)F)c(Cn2c(=O)[nH]c3cnc(NC[C@@H]4CCNC4)nc32)c1. The van der Waals surface area contributed by atoms with Crippen LogP contribution in [0.2, 0.25) is 0 Å². The van der Waals surface area contributed by atoms with Crippen LogP contribution in [0.4, 0.5) is 24.8 Å². The number of aromatic amines is 1. The van der Waals surface area contributed by atoms with Gasteiger partial charge in [-0.25, -0.2) is 9.78 Å². The molecule has 1 atom stereocenters. The molecule has 0 radical (unpaired) electrons. The summed E-state index contributed by atoms with van der Waals surface area (Å²) in [5.41, 5.74) is 0.294. The highest BCUT2D eigenvalue weighted by molar-refractivity contribution is 5.88. The summed E-state index contributed by atoms with van der Waals surface area (Å²) in [6.45, 7) is 3.48. The summed E-state index contributed by atoms with van der Waals surface area (Å²) in [7, 11) is 0. The third kappa shape index (κ3) is 5.61. The minimum Gasteiger partial charge on any atom is -0.405 e. The predicted octanol–water partition coefficient (Wildman–Crippen LogP) is 2.05. The lowest BCUT2D eigenvalue weighted by Gasteiger charge is -2.15. The molecule has 0 spiro atoms. The molecule has 1 saturated heterocycles. The standard InChI is InChI=1S/C20H22F3N7O3/c1-11(31)27-14-2-3-16(33-20(21,22)23)13(6-14)10-30-17-15(28-19(30)32)9-26-18(29-17)25-8-12-4-5-24-7-12/h2-3,6,9,12,24H,4-5,7-8,10H2,1H3,(H,27,31)(H,28,32)(H,25,26,29)/t12-/m1/s1. The lowest BCUT2D eigenvalue weighted by Crippen LogP contribution is -2.22. The first-order chi connectivity index (χ1) is 15.7. The molecule has 2 aromatic heterocycles. The third-order valence-corrected chi connectivity index (χ3v) is 5.16. The minimum atomic E-state index is -4.93. The molecular weight excluding hydrogens is 443 g/mol. The van der Waals surface area contributed by atoms with Crippen LogP contribution in [0.5, 0.6) is 5.75 Å². The summed E-state index contributed by atoms with van der Waals surface area (Å²) >= 11 is 0. The first kappa shape index (κ1) is 22.6. The van der Waals surface area contributed by atoms with Crippen molar-refractivity contribution in [3.05, 3.63) is 40.4 Å². The average molecular weight is 465 g/mol. The molecule has 0 aliphatic carbocycles. The zero-order valence-electron chi connectivity index (χ0n) is 17.6. The van der Waals surface area contributed by atoms with Crippen molar-refractivity contribution in [2.75, 3.05) is 30.3 Å². The number of H-pyrrole nitrogens is 1. The monoisotopic (exact) mass is 465 g/mol. The van der Waals surface area contributed by atoms with Crippen LogP contribution in [-0.4, -0.2) is 51.4 Å². The van der Waals surface area contributed by atoms with Gasteiger partial charge in [0.2, 0.25) is 11.9 Å². The van der Waals surface area contributed by atoms with E-state index in [1.807, 2.05) is 0 Å². The second-order valence-corrected chi connectivity index (χ2v) is 7.74. The fraction of sp³-hybridized carbons (Fsp3) is 0.400. The minimum absolute atomic E-state index is 0.0340. The Bertz CT molecular complexity index is 1220. The van der Waals surface area contributed by atoms with Crippen LogP contribution in [0.1, 0.15) is 18.9 Å². The highest BCUT2D eigenvalue weighted by Crippen LogP contribution is 2.29. The van der Waals surface area contributed by atoms with Crippen LogP contribution in [0, 0.1) is 5.92 Å². The van der Waals surface area contributed by atoms with Gasteiger partial charge in [-0.05, 0) is 43.6 Å². The number of alkyl halides is 3. The number of halogens is 3. The van der Waals surface area contributed by atoms with Crippen LogP contribution in [-0.2, 0) is 11.3 Å². The topological polar surface area (TPSA) is 126 Å². The first-order valence-corrected chi connectivity index (χ1v) is 10.2. The number of fused-ring (bicyclic) bond motifs is 1. The number of aromatic nitrogens is 4. The van der Waals surface area contributed by atoms with Gasteiger partial charge in [0.15, 0.2) is 5.65 Å². The summed E-state index contributed by atoms with van der Waals surface area (Å²) < 4.78 is 44.0. The van der Waals surface area contributed by atoms with E-state index in [-0.39, 0.29) is 23.4 Å². The van der Waals surface area contributed by atoms with E-state index in [1.165, 1.54) is 29.8 Å². The molecule has 1 aliphatic rings. The van der Waals surface area contributed by atoms with Gasteiger partial charge in [0, 0.05) is 24.7 Å². The number of carbonyl (C=O) groups excluding carboxylic acids is 1. The van der Waals surface area contributed by atoms with E-state index in [0.717, 1.165) is 25.6 Å². The fourth-order valence-corrected chi connectivity index (χ4v) is 3.68. The van der Waals surface area contributed by atoms with Crippen molar-refractivity contribution < 1.29 is 22.7 Å². The Morgan fingerprint density at radius 1 is 1.36 bits per heavy atom. The first-order valence-electron chi connectivity index (χ1n) is 10.2. The van der Waals surface area contributed by atoms with Crippen molar-refractivity contribution in [2.45, 2.75) is 26.3 Å². The number of ether oxygens (including phenoxy) is 1. The lowest BCUT2D eigenvalue weighted by atomic mass is 10.1. The van der Waals surface area contributed by atoms with E-state index in [2.05, 4.69) is 35.6 Å². The number of imidazole rings is 1. The number of nitrogens with zero attached hydrogens (tertiary/aromatic N) is 3. The molecule has 1 aromatic carbocycles. The molecule has 33 heavy (non-hydrogen) atoms. The van der Waals surface area contributed by atoms with Crippen LogP contribution in [0.25, 0.3) is 11.2 Å². The van der Waals surface area contributed by atoms with E-state index in [0.29, 0.717) is 23.9 Å². The second-order valence-electron chi connectivity index (χ2n) is 7.74. The summed E-state index contributed by atoms with van der Waals surface area (Å²) in [5.74, 6) is -0.146. The maximum Gasteiger partial charge on any atom is 0.573 e. The fourth-order valence-electron chi connectivity index (χ4n) is 3.68. The van der Waals surface area contributed by atoms with E-state index in [4.69, 9.17) is 0 Å². The Hall–Kier alpha value is -3.61. The third-order valence-electron chi connectivity index (χ3n) is 5.16. The maximum atomic E-state index is 12.9. The van der Waals surface area contributed by atoms with Crippen molar-refractivity contribution in [2.24, 2.45) is 5.92 Å². The van der Waals surface area contributed by atoms with Gasteiger partial charge in [-0.15, -0.1) is 13.2 Å². The highest BCUT2D eigenvalue weighted by atomic mass is 19.4. The molecule has 13 heteroatoms. The van der Waals surface area contributed by atoms with Crippen LogP contribution < -0.4 is 26.4 Å². The zero-order valence-corrected chi connectivity index (χ0v) is 17.6. The Morgan fingerprint density at radius 2 is 2.18 bits per heavy atom. The average Bonchev–Trinajstić information content (AvgIpc) is 3.35. The molecule has 4 rings (SSSR count). The van der Waals surface area contributed by atoms with Gasteiger partial charge in [0.25, 0.3) is 0 Å². The van der Waals surface area contributed by atoms with Crippen molar-refractivity contribution in [3.63, 3.8) is 0 Å². The molecule has 0 saturated carbocycles. The molecule has 0 unspecified atom stereocenters. The summed E-state index contributed by atoms with van der Waals surface area (Å²) in [4.78, 5) is 35.1. The van der Waals surface area contributed by atoms with Crippen LogP contribution in [0.3, 0.4) is 0 Å². The summed E-state index contributed by atoms with van der Waals surface area (Å²) in [6, 6.07) is 3.69. The van der Waals surface area contributed by atoms with Crippen molar-refractivity contribution in [1.29, 1.82) is 0 Å². The molecule has 1 aliphatic heterocycles. The molecule has 3 aromatic rings. The molecule has 1 fully saturated rings. The van der Waals surface area contributed by atoms with Gasteiger partial charge in [0.05, 0.1) is 12.7 Å². The van der Waals surface area contributed by atoms with Crippen molar-refractivity contribution >= 4 is 28.7 Å². The van der Waals surface area contributed by atoms with Gasteiger partial charge in [-0.1, -0.05) is 0 Å². The van der Waals surface area contributed by atoms with Crippen LogP contribution in [0.15, 0.2) is 29.2 Å². The number of nitrogens with one attached hydrogen (secondary N) is 4. The number of amides is 1. The van der Waals surface area contributed by atoms with Gasteiger partial charge in [-0.3, -0.25) is 9.36 Å². The maximum absolute atomic E-state index is 12.9. The van der Waals surface area contributed by atoms with Crippen molar-refractivity contribution in [3.8, 4) is 5.75 Å². The molecular formula is C20H22F3N7O3. The van der Waals surface area contributed by atoms with Gasteiger partial charge >= 0.3 is 12.1 Å². The molecule has 176 valence electrons. The Morgan fingerprint density at radius 3 is 2.88 bits per heavy atom. The molecule has 4 N–H and O–H groups in total. The highest BCUT2D eigenvalue weighted by Gasteiger charge is 2.32.